The molecule has 0 fully saturated rings. The highest BCUT2D eigenvalue weighted by Gasteiger charge is 2.05. The van der Waals surface area contributed by atoms with Crippen LogP contribution in [-0.2, 0) is 0 Å². The third-order valence-corrected chi connectivity index (χ3v) is 2.00. The molecule has 0 unspecified atom stereocenters. The smallest absolute Gasteiger partial charge is 0.371 e. The van der Waals surface area contributed by atoms with Crippen LogP contribution < -0.4 is 0 Å². The van der Waals surface area contributed by atoms with E-state index in [0.29, 0.717) is 11.5 Å². The second-order valence-electron chi connectivity index (χ2n) is 3.88. The molecule has 0 atom stereocenters. The summed E-state index contributed by atoms with van der Waals surface area (Å²) in [5.74, 6) is -0.828. The van der Waals surface area contributed by atoms with Gasteiger partial charge in [-0.05, 0) is 38.1 Å². The topological polar surface area (TPSA) is 141 Å². The van der Waals surface area contributed by atoms with Gasteiger partial charge in [0.05, 0.1) is 13.2 Å². The van der Waals surface area contributed by atoms with Crippen LogP contribution in [0.1, 0.15) is 32.6 Å². The fourth-order valence-corrected chi connectivity index (χ4v) is 1.10. The molecule has 122 valence electrons. The molecule has 0 bridgehead atoms. The summed E-state index contributed by atoms with van der Waals surface area (Å²) in [5, 5.41) is 31.9. The van der Waals surface area contributed by atoms with Gasteiger partial charge in [0.25, 0.3) is 0 Å². The molecule has 0 aliphatic carbocycles. The third-order valence-electron chi connectivity index (χ3n) is 2.00. The van der Waals surface area contributed by atoms with Crippen molar-refractivity contribution >= 4 is 11.9 Å². The first-order valence-corrected chi connectivity index (χ1v) is 6.13. The molecule has 2 rings (SSSR count). The lowest BCUT2D eigenvalue weighted by molar-refractivity contribution is 0.0651. The largest absolute Gasteiger partial charge is 0.475 e. The Hall–Kier alpha value is -2.58. The van der Waals surface area contributed by atoms with Crippen molar-refractivity contribution < 1.29 is 38.8 Å². The lowest BCUT2D eigenvalue weighted by atomic mass is 10.4. The van der Waals surface area contributed by atoms with Gasteiger partial charge in [-0.15, -0.1) is 0 Å². The molecular formula is C14H18O8. The van der Waals surface area contributed by atoms with E-state index in [1.54, 1.807) is 26.0 Å². The van der Waals surface area contributed by atoms with Crippen LogP contribution in [0.3, 0.4) is 0 Å². The summed E-state index contributed by atoms with van der Waals surface area (Å²) in [7, 11) is 0. The average Bonchev–Trinajstić information content (AvgIpc) is 3.08. The Labute approximate surface area is 126 Å². The lowest BCUT2D eigenvalue weighted by Crippen LogP contribution is -1.91. The maximum Gasteiger partial charge on any atom is 0.371 e. The monoisotopic (exact) mass is 314 g/mol. The van der Waals surface area contributed by atoms with Crippen molar-refractivity contribution in [2.24, 2.45) is 0 Å². The summed E-state index contributed by atoms with van der Waals surface area (Å²) in [5.41, 5.74) is 0. The molecule has 0 radical (unpaired) electrons. The minimum atomic E-state index is -1.02. The maximum atomic E-state index is 10.1. The van der Waals surface area contributed by atoms with Crippen molar-refractivity contribution in [3.05, 3.63) is 47.3 Å². The zero-order valence-corrected chi connectivity index (χ0v) is 12.1. The van der Waals surface area contributed by atoms with E-state index in [-0.39, 0.29) is 24.7 Å². The highest BCUT2D eigenvalue weighted by atomic mass is 16.4. The zero-order valence-electron chi connectivity index (χ0n) is 12.1. The molecule has 2 heterocycles. The summed E-state index contributed by atoms with van der Waals surface area (Å²) < 4.78 is 9.49. The quantitative estimate of drug-likeness (QED) is 0.668. The minimum absolute atomic E-state index is 0.00694. The zero-order chi connectivity index (χ0) is 17.1. The van der Waals surface area contributed by atoms with E-state index >= 15 is 0 Å². The molecule has 0 saturated carbocycles. The number of carbonyl (C=O) groups is 2. The van der Waals surface area contributed by atoms with Crippen molar-refractivity contribution in [1.82, 2.24) is 0 Å². The Bertz CT molecular complexity index is 529. The molecule has 0 amide bonds. The van der Waals surface area contributed by atoms with Gasteiger partial charge in [-0.3, -0.25) is 0 Å². The molecule has 0 aliphatic heterocycles. The number of carboxylic acid groups (broad SMARTS) is 2. The van der Waals surface area contributed by atoms with Crippen LogP contribution in [0, 0.1) is 13.8 Å². The Balaban J connectivity index is 0.000000326. The number of aromatic carboxylic acids is 2. The summed E-state index contributed by atoms with van der Waals surface area (Å²) in [4.78, 5) is 20.2. The molecule has 0 spiro atoms. The van der Waals surface area contributed by atoms with Crippen molar-refractivity contribution in [1.29, 1.82) is 0 Å². The van der Waals surface area contributed by atoms with E-state index < -0.39 is 11.9 Å². The van der Waals surface area contributed by atoms with E-state index in [1.807, 2.05) is 0 Å². The summed E-state index contributed by atoms with van der Waals surface area (Å²) in [6.07, 6.45) is 0. The van der Waals surface area contributed by atoms with Crippen LogP contribution in [0.2, 0.25) is 0 Å². The average molecular weight is 314 g/mol. The Morgan fingerprint density at radius 1 is 0.818 bits per heavy atom. The molecule has 0 saturated heterocycles. The highest BCUT2D eigenvalue weighted by molar-refractivity contribution is 5.84. The number of aryl methyl sites for hydroxylation is 2. The Morgan fingerprint density at radius 2 is 1.14 bits per heavy atom. The van der Waals surface area contributed by atoms with Crippen molar-refractivity contribution in [3.8, 4) is 0 Å². The highest BCUT2D eigenvalue weighted by Crippen LogP contribution is 2.05. The van der Waals surface area contributed by atoms with Gasteiger partial charge in [0.15, 0.2) is 0 Å². The van der Waals surface area contributed by atoms with E-state index in [0.717, 1.165) is 0 Å². The fourth-order valence-electron chi connectivity index (χ4n) is 1.10. The molecule has 2 aromatic rings. The number of furan rings is 2. The standard InChI is InChI=1S/2C6H6O3.C2H6O2/c2*1-4-2-3-5(9-4)6(7)8;3-1-2-4/h2*2-3H,1H3,(H,7,8);3-4H,1-2H2. The number of rotatable bonds is 3. The van der Waals surface area contributed by atoms with Gasteiger partial charge < -0.3 is 29.3 Å². The van der Waals surface area contributed by atoms with Gasteiger partial charge in [0.1, 0.15) is 11.5 Å². The maximum absolute atomic E-state index is 10.1. The van der Waals surface area contributed by atoms with Crippen LogP contribution >= 0.6 is 0 Å². The first-order chi connectivity index (χ1) is 10.3. The molecular weight excluding hydrogens is 296 g/mol. The van der Waals surface area contributed by atoms with Crippen LogP contribution in [0.25, 0.3) is 0 Å². The number of aliphatic hydroxyl groups excluding tert-OH is 2. The number of aliphatic hydroxyl groups is 2. The molecule has 8 nitrogen and oxygen atoms in total. The van der Waals surface area contributed by atoms with Crippen LogP contribution in [0.5, 0.6) is 0 Å². The fraction of sp³-hybridized carbons (Fsp3) is 0.286. The number of carboxylic acids is 2. The number of hydrogen-bond donors (Lipinski definition) is 4. The molecule has 8 heteroatoms. The van der Waals surface area contributed by atoms with Gasteiger partial charge in [-0.25, -0.2) is 9.59 Å². The number of hydrogen-bond acceptors (Lipinski definition) is 6. The van der Waals surface area contributed by atoms with Crippen molar-refractivity contribution in [3.63, 3.8) is 0 Å². The normalized spacial score (nSPS) is 9.09. The first kappa shape index (κ1) is 19.4. The van der Waals surface area contributed by atoms with E-state index in [1.165, 1.54) is 12.1 Å². The van der Waals surface area contributed by atoms with Crippen LogP contribution in [0.15, 0.2) is 33.1 Å². The predicted molar refractivity (Wildman–Crippen MR) is 75.0 cm³/mol. The van der Waals surface area contributed by atoms with Crippen molar-refractivity contribution in [2.45, 2.75) is 13.8 Å². The minimum Gasteiger partial charge on any atom is -0.475 e. The molecule has 22 heavy (non-hydrogen) atoms. The third kappa shape index (κ3) is 7.88. The Morgan fingerprint density at radius 3 is 1.23 bits per heavy atom. The van der Waals surface area contributed by atoms with Crippen molar-refractivity contribution in [2.75, 3.05) is 13.2 Å². The van der Waals surface area contributed by atoms with E-state index in [2.05, 4.69) is 0 Å². The molecule has 2 aromatic heterocycles. The molecule has 0 aromatic carbocycles. The van der Waals surface area contributed by atoms with Gasteiger partial charge in [0, 0.05) is 0 Å². The second kappa shape index (κ2) is 10.2. The lowest BCUT2D eigenvalue weighted by Gasteiger charge is -1.82. The molecule has 0 aliphatic rings. The summed E-state index contributed by atoms with van der Waals surface area (Å²) in [6, 6.07) is 6.09. The van der Waals surface area contributed by atoms with Gasteiger partial charge in [0.2, 0.25) is 11.5 Å². The van der Waals surface area contributed by atoms with Crippen LogP contribution in [0.4, 0.5) is 0 Å². The van der Waals surface area contributed by atoms with E-state index in [4.69, 9.17) is 29.3 Å². The summed E-state index contributed by atoms with van der Waals surface area (Å²) >= 11 is 0. The van der Waals surface area contributed by atoms with Gasteiger partial charge >= 0.3 is 11.9 Å². The predicted octanol–water partition coefficient (Wildman–Crippen LogP) is 1.54. The Kier molecular flexibility index (Phi) is 9.00. The second-order valence-corrected chi connectivity index (χ2v) is 3.88. The summed E-state index contributed by atoms with van der Waals surface area (Å²) in [6.45, 7) is 3.15. The van der Waals surface area contributed by atoms with Gasteiger partial charge in [-0.2, -0.15) is 0 Å². The molecule has 4 N–H and O–H groups in total. The van der Waals surface area contributed by atoms with E-state index in [9.17, 15) is 9.59 Å². The first-order valence-electron chi connectivity index (χ1n) is 6.13. The SMILES string of the molecule is Cc1ccc(C(=O)O)o1.Cc1ccc(C(=O)O)o1.OCCO. The van der Waals surface area contributed by atoms with Crippen LogP contribution in [-0.4, -0.2) is 45.6 Å². The van der Waals surface area contributed by atoms with Gasteiger partial charge in [-0.1, -0.05) is 0 Å².